The molecule has 0 aliphatic carbocycles. The second-order valence-electron chi connectivity index (χ2n) is 8.13. The van der Waals surface area contributed by atoms with E-state index in [1.165, 1.54) is 0 Å². The van der Waals surface area contributed by atoms with E-state index in [9.17, 15) is 14.4 Å². The van der Waals surface area contributed by atoms with Gasteiger partial charge >= 0.3 is 6.09 Å². The molecule has 8 nitrogen and oxygen atoms in total. The van der Waals surface area contributed by atoms with Crippen LogP contribution >= 0.6 is 0 Å². The van der Waals surface area contributed by atoms with Gasteiger partial charge < -0.3 is 20.7 Å². The van der Waals surface area contributed by atoms with E-state index < -0.39 is 12.0 Å². The van der Waals surface area contributed by atoms with Crippen LogP contribution in [0.15, 0.2) is 84.6 Å². The fraction of sp³-hybridized carbons (Fsp3) is 0.143. The van der Waals surface area contributed by atoms with Gasteiger partial charge in [-0.25, -0.2) is 14.5 Å². The highest BCUT2D eigenvalue weighted by atomic mass is 16.6. The maximum Gasteiger partial charge on any atom is 0.421 e. The lowest BCUT2D eigenvalue weighted by Crippen LogP contribution is -2.34. The molecule has 0 spiro atoms. The maximum atomic E-state index is 13.6. The lowest BCUT2D eigenvalue weighted by Gasteiger charge is -2.20. The average Bonchev–Trinajstić information content (AvgIpc) is 3.19. The number of nitrogens with one attached hydrogen (secondary N) is 1. The van der Waals surface area contributed by atoms with Crippen LogP contribution in [-0.4, -0.2) is 38.1 Å². The van der Waals surface area contributed by atoms with Crippen LogP contribution in [0.4, 0.5) is 21.9 Å². The van der Waals surface area contributed by atoms with Crippen molar-refractivity contribution in [1.29, 1.82) is 0 Å². The number of likely N-dealkylation sites (N-methyl/N-ethyl adjacent to an activating group) is 1. The Hall–Kier alpha value is -4.81. The number of carbonyl (C=O) groups excluding carboxylic acids is 3. The Bertz CT molecular complexity index is 1360. The van der Waals surface area contributed by atoms with Crippen molar-refractivity contribution in [3.05, 3.63) is 95.7 Å². The van der Waals surface area contributed by atoms with E-state index in [1.807, 2.05) is 78.7 Å². The molecule has 0 radical (unpaired) electrons. The predicted octanol–water partition coefficient (Wildman–Crippen LogP) is 4.28. The summed E-state index contributed by atoms with van der Waals surface area (Å²) in [5.74, 6) is 1.24. The summed E-state index contributed by atoms with van der Waals surface area (Å²) in [6.45, 7) is 2.11. The Labute approximate surface area is 209 Å². The molecule has 0 saturated heterocycles. The van der Waals surface area contributed by atoms with E-state index in [-0.39, 0.29) is 18.8 Å². The third kappa shape index (κ3) is 4.85. The summed E-state index contributed by atoms with van der Waals surface area (Å²) in [7, 11) is 1.82. The predicted molar refractivity (Wildman–Crippen MR) is 141 cm³/mol. The van der Waals surface area contributed by atoms with Crippen molar-refractivity contribution in [2.45, 2.75) is 6.92 Å². The molecule has 3 aromatic rings. The minimum absolute atomic E-state index is 0.111. The molecule has 0 bridgehead atoms. The Balaban J connectivity index is 1.77. The smallest absolute Gasteiger partial charge is 0.421 e. The van der Waals surface area contributed by atoms with Crippen LogP contribution < -0.4 is 20.9 Å². The third-order valence-electron chi connectivity index (χ3n) is 5.71. The first kappa shape index (κ1) is 24.3. The zero-order valence-electron chi connectivity index (χ0n) is 20.0. The fourth-order valence-electron chi connectivity index (χ4n) is 4.03. The molecule has 0 atom stereocenters. The van der Waals surface area contributed by atoms with Gasteiger partial charge in [0.15, 0.2) is 0 Å². The minimum atomic E-state index is -0.714. The summed E-state index contributed by atoms with van der Waals surface area (Å²) in [5.41, 5.74) is 10.1. The zero-order valence-corrected chi connectivity index (χ0v) is 20.0. The van der Waals surface area contributed by atoms with Gasteiger partial charge in [-0.1, -0.05) is 48.5 Å². The van der Waals surface area contributed by atoms with E-state index in [4.69, 9.17) is 10.5 Å². The van der Waals surface area contributed by atoms with Crippen molar-refractivity contribution < 1.29 is 19.1 Å². The molecular formula is C28H26N4O4. The molecule has 36 heavy (non-hydrogen) atoms. The number of nitrogens with two attached hydrogens (primary N) is 1. The van der Waals surface area contributed by atoms with Gasteiger partial charge in [0, 0.05) is 24.0 Å². The molecule has 1 aliphatic heterocycles. The number of hydrogen-bond donors (Lipinski definition) is 2. The summed E-state index contributed by atoms with van der Waals surface area (Å²) < 4.78 is 5.16. The number of hydrogen-bond acceptors (Lipinski definition) is 7. The number of rotatable bonds is 7. The van der Waals surface area contributed by atoms with Gasteiger partial charge in [-0.15, -0.1) is 0 Å². The quantitative estimate of drug-likeness (QED) is 0.383. The van der Waals surface area contributed by atoms with Gasteiger partial charge in [0.05, 0.1) is 30.1 Å². The average molecular weight is 483 g/mol. The lowest BCUT2D eigenvalue weighted by atomic mass is 10.00. The summed E-state index contributed by atoms with van der Waals surface area (Å²) in [6.07, 6.45) is -0.714. The van der Waals surface area contributed by atoms with E-state index in [1.54, 1.807) is 25.0 Å². The molecule has 1 aliphatic rings. The number of ether oxygens (including phenoxy) is 1. The van der Waals surface area contributed by atoms with Crippen LogP contribution in [0.2, 0.25) is 0 Å². The zero-order chi connectivity index (χ0) is 25.7. The molecule has 0 saturated carbocycles. The molecule has 3 N–H and O–H groups in total. The monoisotopic (exact) mass is 482 g/mol. The van der Waals surface area contributed by atoms with Crippen molar-refractivity contribution in [2.24, 2.45) is 5.73 Å². The van der Waals surface area contributed by atoms with Crippen LogP contribution in [0.3, 0.4) is 0 Å². The standard InChI is InChI=1S/C28H26N4O4/c1-3-36-28(35)32-24-12-8-7-11-23(24)25(27(32)34)26(19-9-5-4-6-10-19)30-21-13-15-22(16-14-21)31(2)17-20(29)18-33/h4-16,30H,3,17,29H2,1-2H3/b26-25-. The summed E-state index contributed by atoms with van der Waals surface area (Å²) >= 11 is 0. The summed E-state index contributed by atoms with van der Waals surface area (Å²) in [5, 5.41) is 3.39. The number of carbonyl (C=O) groups is 2. The van der Waals surface area contributed by atoms with Gasteiger partial charge in [0.1, 0.15) is 11.6 Å². The number of benzene rings is 3. The molecular weight excluding hydrogens is 456 g/mol. The van der Waals surface area contributed by atoms with Gasteiger partial charge in [-0.05, 0) is 42.8 Å². The third-order valence-corrected chi connectivity index (χ3v) is 5.71. The normalized spacial score (nSPS) is 13.5. The highest BCUT2D eigenvalue weighted by molar-refractivity contribution is 6.43. The Morgan fingerprint density at radius 1 is 1.03 bits per heavy atom. The van der Waals surface area contributed by atoms with E-state index in [0.29, 0.717) is 22.5 Å². The molecule has 0 unspecified atom stereocenters. The SMILES string of the molecule is CCOC(=O)N1C(=O)/C(=C(\Nc2ccc(N(C)CC(N)=C=O)cc2)c2ccccc2)c2ccccc21. The number of para-hydroxylation sites is 1. The Morgan fingerprint density at radius 2 is 1.69 bits per heavy atom. The first-order valence-electron chi connectivity index (χ1n) is 11.4. The molecule has 0 aromatic heterocycles. The Morgan fingerprint density at radius 3 is 2.36 bits per heavy atom. The van der Waals surface area contributed by atoms with E-state index >= 15 is 0 Å². The van der Waals surface area contributed by atoms with Crippen molar-refractivity contribution >= 4 is 46.3 Å². The fourth-order valence-corrected chi connectivity index (χ4v) is 4.03. The highest BCUT2D eigenvalue weighted by Crippen LogP contribution is 2.41. The number of fused-ring (bicyclic) bond motifs is 1. The van der Waals surface area contributed by atoms with Crippen LogP contribution in [0.5, 0.6) is 0 Å². The summed E-state index contributed by atoms with van der Waals surface area (Å²) in [6, 6.07) is 24.1. The number of nitrogens with zero attached hydrogens (tertiary/aromatic N) is 2. The Kier molecular flexibility index (Phi) is 7.18. The molecule has 182 valence electrons. The first-order chi connectivity index (χ1) is 17.4. The van der Waals surface area contributed by atoms with Gasteiger partial charge in [-0.2, -0.15) is 0 Å². The summed E-state index contributed by atoms with van der Waals surface area (Å²) in [4.78, 5) is 39.9. The first-order valence-corrected chi connectivity index (χ1v) is 11.4. The molecule has 3 aromatic carbocycles. The van der Waals surface area contributed by atoms with Crippen LogP contribution in [0.25, 0.3) is 11.3 Å². The number of imide groups is 1. The molecule has 1 heterocycles. The van der Waals surface area contributed by atoms with Crippen molar-refractivity contribution in [3.63, 3.8) is 0 Å². The second kappa shape index (κ2) is 10.6. The molecule has 8 heteroatoms. The number of amides is 2. The molecule has 2 amide bonds. The van der Waals surface area contributed by atoms with Crippen LogP contribution in [0.1, 0.15) is 18.1 Å². The second-order valence-corrected chi connectivity index (χ2v) is 8.13. The van der Waals surface area contributed by atoms with Crippen LogP contribution in [-0.2, 0) is 14.3 Å². The molecule has 0 fully saturated rings. The lowest BCUT2D eigenvalue weighted by molar-refractivity contribution is -0.112. The van der Waals surface area contributed by atoms with Gasteiger partial charge in [0.25, 0.3) is 5.91 Å². The van der Waals surface area contributed by atoms with E-state index in [0.717, 1.165) is 21.8 Å². The van der Waals surface area contributed by atoms with Crippen molar-refractivity contribution in [3.8, 4) is 0 Å². The minimum Gasteiger partial charge on any atom is -0.449 e. The number of anilines is 3. The van der Waals surface area contributed by atoms with Crippen LogP contribution in [0, 0.1) is 0 Å². The highest BCUT2D eigenvalue weighted by Gasteiger charge is 2.39. The van der Waals surface area contributed by atoms with E-state index in [2.05, 4.69) is 5.32 Å². The van der Waals surface area contributed by atoms with Crippen molar-refractivity contribution in [2.75, 3.05) is 35.3 Å². The maximum absolute atomic E-state index is 13.6. The van der Waals surface area contributed by atoms with Crippen molar-refractivity contribution in [1.82, 2.24) is 0 Å². The molecule has 4 rings (SSSR count). The van der Waals surface area contributed by atoms with Gasteiger partial charge in [-0.3, -0.25) is 4.79 Å². The largest absolute Gasteiger partial charge is 0.449 e. The van der Waals surface area contributed by atoms with Gasteiger partial charge in [0.2, 0.25) is 0 Å². The topological polar surface area (TPSA) is 105 Å².